The molecule has 3 heteroatoms. The van der Waals surface area contributed by atoms with Crippen LogP contribution in [0.4, 0.5) is 0 Å². The molecule has 0 aliphatic heterocycles. The maximum absolute atomic E-state index is 11.6. The van der Waals surface area contributed by atoms with Crippen LogP contribution in [-0.4, -0.2) is 5.91 Å². The van der Waals surface area contributed by atoms with Crippen LogP contribution in [0.25, 0.3) is 6.08 Å². The van der Waals surface area contributed by atoms with Gasteiger partial charge < -0.3 is 0 Å². The smallest absolute Gasteiger partial charge is 0.267 e. The van der Waals surface area contributed by atoms with Gasteiger partial charge >= 0.3 is 0 Å². The number of hydroxylamine groups is 1. The summed E-state index contributed by atoms with van der Waals surface area (Å²) in [4.78, 5) is 16.8. The Bertz CT molecular complexity index is 588. The van der Waals surface area contributed by atoms with Crippen molar-refractivity contribution in [3.05, 3.63) is 77.4 Å². The third-order valence-electron chi connectivity index (χ3n) is 3.07. The molecule has 0 radical (unpaired) electrons. The molecule has 0 aliphatic carbocycles. The molecule has 0 saturated carbocycles. The van der Waals surface area contributed by atoms with Crippen LogP contribution >= 0.6 is 0 Å². The zero-order chi connectivity index (χ0) is 14.9. The van der Waals surface area contributed by atoms with Crippen LogP contribution in [0.15, 0.2) is 60.7 Å². The number of rotatable bonds is 6. The maximum atomic E-state index is 11.6. The lowest BCUT2D eigenvalue weighted by Crippen LogP contribution is -2.21. The van der Waals surface area contributed by atoms with Gasteiger partial charge in [0.15, 0.2) is 0 Å². The van der Waals surface area contributed by atoms with E-state index in [-0.39, 0.29) is 5.91 Å². The molecular formula is C18H19NO2. The third kappa shape index (κ3) is 5.24. The summed E-state index contributed by atoms with van der Waals surface area (Å²) in [5, 5.41) is 0. The van der Waals surface area contributed by atoms with Gasteiger partial charge in [0.1, 0.15) is 0 Å². The number of carbonyl (C=O) groups excluding carboxylic acids is 1. The molecule has 0 spiro atoms. The Morgan fingerprint density at radius 1 is 1.05 bits per heavy atom. The van der Waals surface area contributed by atoms with Crippen molar-refractivity contribution in [3.8, 4) is 0 Å². The van der Waals surface area contributed by atoms with Crippen molar-refractivity contribution >= 4 is 12.0 Å². The van der Waals surface area contributed by atoms with Gasteiger partial charge in [0.2, 0.25) is 0 Å². The van der Waals surface area contributed by atoms with Crippen molar-refractivity contribution in [2.45, 2.75) is 20.0 Å². The second kappa shape index (κ2) is 8.02. The van der Waals surface area contributed by atoms with Crippen molar-refractivity contribution in [1.82, 2.24) is 5.48 Å². The minimum atomic E-state index is -0.273. The Morgan fingerprint density at radius 2 is 1.76 bits per heavy atom. The Kier molecular flexibility index (Phi) is 5.73. The summed E-state index contributed by atoms with van der Waals surface area (Å²) in [5.41, 5.74) is 5.68. The van der Waals surface area contributed by atoms with E-state index in [1.165, 1.54) is 11.6 Å². The molecule has 0 saturated heterocycles. The quantitative estimate of drug-likeness (QED) is 0.650. The van der Waals surface area contributed by atoms with E-state index < -0.39 is 0 Å². The first kappa shape index (κ1) is 15.0. The van der Waals surface area contributed by atoms with Gasteiger partial charge in [-0.1, -0.05) is 61.5 Å². The normalized spacial score (nSPS) is 10.7. The predicted molar refractivity (Wildman–Crippen MR) is 84.2 cm³/mol. The molecule has 1 N–H and O–H groups in total. The Hall–Kier alpha value is -2.39. The summed E-state index contributed by atoms with van der Waals surface area (Å²) >= 11 is 0. The topological polar surface area (TPSA) is 38.3 Å². The summed E-state index contributed by atoms with van der Waals surface area (Å²) in [6, 6.07) is 17.8. The molecule has 2 aromatic rings. The van der Waals surface area contributed by atoms with Gasteiger partial charge in [-0.2, -0.15) is 0 Å². The van der Waals surface area contributed by atoms with Gasteiger partial charge in [-0.25, -0.2) is 5.48 Å². The maximum Gasteiger partial charge on any atom is 0.267 e. The summed E-state index contributed by atoms with van der Waals surface area (Å²) < 4.78 is 0. The van der Waals surface area contributed by atoms with Crippen LogP contribution < -0.4 is 5.48 Å². The number of hydrogen-bond acceptors (Lipinski definition) is 2. The van der Waals surface area contributed by atoms with Crippen molar-refractivity contribution in [3.63, 3.8) is 0 Å². The third-order valence-corrected chi connectivity index (χ3v) is 3.07. The van der Waals surface area contributed by atoms with E-state index in [2.05, 4.69) is 24.5 Å². The van der Waals surface area contributed by atoms with Gasteiger partial charge in [-0.3, -0.25) is 9.63 Å². The van der Waals surface area contributed by atoms with Crippen LogP contribution in [0.2, 0.25) is 0 Å². The molecule has 2 aromatic carbocycles. The van der Waals surface area contributed by atoms with Crippen LogP contribution in [0.5, 0.6) is 0 Å². The van der Waals surface area contributed by atoms with E-state index in [4.69, 9.17) is 4.84 Å². The summed E-state index contributed by atoms with van der Waals surface area (Å²) in [6.45, 7) is 2.47. The van der Waals surface area contributed by atoms with E-state index in [0.717, 1.165) is 17.5 Å². The Balaban J connectivity index is 1.77. The molecule has 21 heavy (non-hydrogen) atoms. The SMILES string of the molecule is CCc1ccc(C=CC(=O)NOCc2ccccc2)cc1. The largest absolute Gasteiger partial charge is 0.269 e. The number of carbonyl (C=O) groups is 1. The number of amides is 1. The Morgan fingerprint density at radius 3 is 2.43 bits per heavy atom. The zero-order valence-corrected chi connectivity index (χ0v) is 12.1. The lowest BCUT2D eigenvalue weighted by atomic mass is 10.1. The lowest BCUT2D eigenvalue weighted by Gasteiger charge is -2.03. The first-order valence-electron chi connectivity index (χ1n) is 7.00. The number of aryl methyl sites for hydroxylation is 1. The second-order valence-electron chi connectivity index (χ2n) is 4.67. The molecule has 0 bridgehead atoms. The van der Waals surface area contributed by atoms with Crippen molar-refractivity contribution in [2.24, 2.45) is 0 Å². The fourth-order valence-electron chi connectivity index (χ4n) is 1.84. The average Bonchev–Trinajstić information content (AvgIpc) is 2.54. The molecule has 108 valence electrons. The van der Waals surface area contributed by atoms with Gasteiger partial charge in [0.05, 0.1) is 6.61 Å². The first-order chi connectivity index (χ1) is 10.3. The highest BCUT2D eigenvalue weighted by Gasteiger charge is 1.96. The minimum Gasteiger partial charge on any atom is -0.269 e. The van der Waals surface area contributed by atoms with Crippen molar-refractivity contribution in [1.29, 1.82) is 0 Å². The van der Waals surface area contributed by atoms with Crippen molar-refractivity contribution < 1.29 is 9.63 Å². The lowest BCUT2D eigenvalue weighted by molar-refractivity contribution is -0.129. The molecule has 3 nitrogen and oxygen atoms in total. The van der Waals surface area contributed by atoms with E-state index in [1.807, 2.05) is 42.5 Å². The van der Waals surface area contributed by atoms with E-state index in [0.29, 0.717) is 6.61 Å². The fraction of sp³-hybridized carbons (Fsp3) is 0.167. The molecule has 0 aliphatic rings. The summed E-state index contributed by atoms with van der Waals surface area (Å²) in [7, 11) is 0. The number of hydrogen-bond donors (Lipinski definition) is 1. The second-order valence-corrected chi connectivity index (χ2v) is 4.67. The molecule has 0 atom stereocenters. The van der Waals surface area contributed by atoms with Gasteiger partial charge in [0, 0.05) is 6.08 Å². The fourth-order valence-corrected chi connectivity index (χ4v) is 1.84. The zero-order valence-electron chi connectivity index (χ0n) is 12.1. The molecular weight excluding hydrogens is 262 g/mol. The van der Waals surface area contributed by atoms with Crippen LogP contribution in [-0.2, 0) is 22.7 Å². The monoisotopic (exact) mass is 281 g/mol. The standard InChI is InChI=1S/C18H19NO2/c1-2-15-8-10-16(11-9-15)12-13-18(20)19-21-14-17-6-4-3-5-7-17/h3-13H,2,14H2,1H3,(H,19,20). The van der Waals surface area contributed by atoms with Crippen LogP contribution in [0.1, 0.15) is 23.6 Å². The molecule has 0 fully saturated rings. The van der Waals surface area contributed by atoms with Gasteiger partial charge in [-0.05, 0) is 29.2 Å². The molecule has 1 amide bonds. The van der Waals surface area contributed by atoms with Crippen LogP contribution in [0.3, 0.4) is 0 Å². The molecule has 0 heterocycles. The number of nitrogens with one attached hydrogen (secondary N) is 1. The predicted octanol–water partition coefficient (Wildman–Crippen LogP) is 3.51. The van der Waals surface area contributed by atoms with E-state index in [9.17, 15) is 4.79 Å². The van der Waals surface area contributed by atoms with Crippen LogP contribution in [0, 0.1) is 0 Å². The summed E-state index contributed by atoms with van der Waals surface area (Å²) in [5.74, 6) is -0.273. The van der Waals surface area contributed by atoms with Gasteiger partial charge in [0.25, 0.3) is 5.91 Å². The first-order valence-corrected chi connectivity index (χ1v) is 7.00. The minimum absolute atomic E-state index is 0.273. The highest BCUT2D eigenvalue weighted by molar-refractivity contribution is 5.90. The summed E-state index contributed by atoms with van der Waals surface area (Å²) in [6.07, 6.45) is 4.24. The highest BCUT2D eigenvalue weighted by atomic mass is 16.6. The van der Waals surface area contributed by atoms with Gasteiger partial charge in [-0.15, -0.1) is 0 Å². The number of benzene rings is 2. The highest BCUT2D eigenvalue weighted by Crippen LogP contribution is 2.06. The van der Waals surface area contributed by atoms with E-state index in [1.54, 1.807) is 6.08 Å². The Labute approximate surface area is 125 Å². The average molecular weight is 281 g/mol. The molecule has 2 rings (SSSR count). The molecule has 0 aromatic heterocycles. The van der Waals surface area contributed by atoms with Crippen molar-refractivity contribution in [2.75, 3.05) is 0 Å². The van der Waals surface area contributed by atoms with E-state index >= 15 is 0 Å². The molecule has 0 unspecified atom stereocenters.